The van der Waals surface area contributed by atoms with E-state index < -0.39 is 6.03 Å². The summed E-state index contributed by atoms with van der Waals surface area (Å²) in [5.41, 5.74) is 8.50. The molecule has 0 radical (unpaired) electrons. The summed E-state index contributed by atoms with van der Waals surface area (Å²) < 4.78 is 0. The average Bonchev–Trinajstić information content (AvgIpc) is 2.76. The Morgan fingerprint density at radius 3 is 1.21 bits per heavy atom. The highest BCUT2D eigenvalue weighted by molar-refractivity contribution is 5.69. The van der Waals surface area contributed by atoms with Crippen molar-refractivity contribution in [1.82, 2.24) is 0 Å². The molecule has 3 heteroatoms. The second kappa shape index (κ2) is 5.89. The predicted octanol–water partition coefficient (Wildman–Crippen LogP) is 2.39. The molecule has 14 heavy (non-hydrogen) atoms. The third-order valence-electron chi connectivity index (χ3n) is 3.47. The summed E-state index contributed by atoms with van der Waals surface area (Å²) in [6.45, 7) is 0. The summed E-state index contributed by atoms with van der Waals surface area (Å²) in [5, 5.41) is 0. The van der Waals surface area contributed by atoms with Gasteiger partial charge in [-0.15, -0.1) is 0 Å². The molecule has 3 nitrogen and oxygen atoms in total. The van der Waals surface area contributed by atoms with Crippen LogP contribution in [-0.4, -0.2) is 6.03 Å². The lowest BCUT2D eigenvalue weighted by atomic mass is 9.90. The minimum atomic E-state index is -0.833. The molecule has 0 aliphatic heterocycles. The number of rotatable bonds is 1. The van der Waals surface area contributed by atoms with Gasteiger partial charge in [-0.3, -0.25) is 0 Å². The van der Waals surface area contributed by atoms with Crippen molar-refractivity contribution in [1.29, 1.82) is 0 Å². The largest absolute Gasteiger partial charge is 0.352 e. The molecule has 0 unspecified atom stereocenters. The van der Waals surface area contributed by atoms with Gasteiger partial charge in [0, 0.05) is 0 Å². The number of primary amides is 2. The second-order valence-electron chi connectivity index (χ2n) is 4.49. The van der Waals surface area contributed by atoms with E-state index in [0.717, 1.165) is 11.8 Å². The molecule has 2 aliphatic rings. The van der Waals surface area contributed by atoms with Crippen LogP contribution in [0.2, 0.25) is 0 Å². The molecule has 82 valence electrons. The van der Waals surface area contributed by atoms with Gasteiger partial charge in [-0.25, -0.2) is 4.79 Å². The molecule has 0 atom stereocenters. The third kappa shape index (κ3) is 3.99. The number of amides is 2. The zero-order valence-corrected chi connectivity index (χ0v) is 8.87. The van der Waals surface area contributed by atoms with Crippen LogP contribution < -0.4 is 11.5 Å². The van der Waals surface area contributed by atoms with Crippen molar-refractivity contribution in [2.24, 2.45) is 23.3 Å². The molecule has 2 aliphatic carbocycles. The molecule has 0 spiro atoms. The monoisotopic (exact) mass is 198 g/mol. The molecule has 2 rings (SSSR count). The smallest absolute Gasteiger partial charge is 0.309 e. The summed E-state index contributed by atoms with van der Waals surface area (Å²) in [4.78, 5) is 9.00. The maximum Gasteiger partial charge on any atom is 0.309 e. The van der Waals surface area contributed by atoms with Crippen LogP contribution in [0.4, 0.5) is 4.79 Å². The second-order valence-corrected chi connectivity index (χ2v) is 4.49. The number of urea groups is 1. The fourth-order valence-corrected chi connectivity index (χ4v) is 2.86. The summed E-state index contributed by atoms with van der Waals surface area (Å²) in [5.74, 6) is 2.31. The number of carbonyl (C=O) groups excluding carboxylic acids is 1. The molecule has 4 N–H and O–H groups in total. The zero-order chi connectivity index (χ0) is 10.4. The molecule has 0 aromatic rings. The average molecular weight is 198 g/mol. The van der Waals surface area contributed by atoms with Crippen LogP contribution in [0, 0.1) is 11.8 Å². The zero-order valence-electron chi connectivity index (χ0n) is 8.87. The highest BCUT2D eigenvalue weighted by Crippen LogP contribution is 2.39. The van der Waals surface area contributed by atoms with Crippen molar-refractivity contribution in [3.05, 3.63) is 0 Å². The Morgan fingerprint density at radius 2 is 1.00 bits per heavy atom. The van der Waals surface area contributed by atoms with E-state index in [9.17, 15) is 0 Å². The van der Waals surface area contributed by atoms with Crippen molar-refractivity contribution >= 4 is 6.03 Å². The minimum Gasteiger partial charge on any atom is -0.352 e. The van der Waals surface area contributed by atoms with E-state index >= 15 is 0 Å². The van der Waals surface area contributed by atoms with E-state index in [1.165, 1.54) is 25.7 Å². The van der Waals surface area contributed by atoms with Gasteiger partial charge in [0.2, 0.25) is 0 Å². The standard InChI is InChI=1S/C10H18.CH4N2O/c1-2-6-9(5-1)10-7-3-4-8-10;2-1(3)4/h9-10H,1-8H2;(H4,2,3,4). The van der Waals surface area contributed by atoms with Crippen molar-refractivity contribution in [2.75, 3.05) is 0 Å². The number of nitrogens with two attached hydrogens (primary N) is 2. The van der Waals surface area contributed by atoms with Crippen LogP contribution in [-0.2, 0) is 0 Å². The van der Waals surface area contributed by atoms with Crippen molar-refractivity contribution in [3.8, 4) is 0 Å². The SMILES string of the molecule is C1CCC(C2CCCC2)C1.NC(N)=O. The van der Waals surface area contributed by atoms with Crippen molar-refractivity contribution in [3.63, 3.8) is 0 Å². The molecule has 0 aromatic carbocycles. The Labute approximate surface area is 86.2 Å². The maximum absolute atomic E-state index is 9.00. The molecule has 2 fully saturated rings. The molecular weight excluding hydrogens is 176 g/mol. The van der Waals surface area contributed by atoms with E-state index in [2.05, 4.69) is 11.5 Å². The first kappa shape index (κ1) is 11.3. The molecule has 0 saturated heterocycles. The van der Waals surface area contributed by atoms with E-state index in [0.29, 0.717) is 0 Å². The third-order valence-corrected chi connectivity index (χ3v) is 3.47. The van der Waals surface area contributed by atoms with Crippen molar-refractivity contribution < 1.29 is 4.79 Å². The van der Waals surface area contributed by atoms with Gasteiger partial charge in [0.15, 0.2) is 0 Å². The minimum absolute atomic E-state index is 0.833. The van der Waals surface area contributed by atoms with E-state index in [1.54, 1.807) is 25.7 Å². The Bertz CT molecular complexity index is 152. The fourth-order valence-electron chi connectivity index (χ4n) is 2.86. The van der Waals surface area contributed by atoms with Gasteiger partial charge in [-0.1, -0.05) is 51.4 Å². The molecule has 0 aromatic heterocycles. The van der Waals surface area contributed by atoms with Gasteiger partial charge in [0.1, 0.15) is 0 Å². The van der Waals surface area contributed by atoms with Crippen LogP contribution in [0.15, 0.2) is 0 Å². The molecule has 2 amide bonds. The molecular formula is C11H22N2O. The molecule has 0 bridgehead atoms. The fraction of sp³-hybridized carbons (Fsp3) is 0.909. The lowest BCUT2D eigenvalue weighted by molar-refractivity contribution is 0.256. The van der Waals surface area contributed by atoms with E-state index in [-0.39, 0.29) is 0 Å². The van der Waals surface area contributed by atoms with E-state index in [4.69, 9.17) is 4.79 Å². The maximum atomic E-state index is 9.00. The number of hydrogen-bond acceptors (Lipinski definition) is 1. The molecule has 2 saturated carbocycles. The lowest BCUT2D eigenvalue weighted by Gasteiger charge is -2.16. The Hall–Kier alpha value is -0.730. The number of carbonyl (C=O) groups is 1. The van der Waals surface area contributed by atoms with Crippen LogP contribution in [0.5, 0.6) is 0 Å². The predicted molar refractivity (Wildman–Crippen MR) is 57.7 cm³/mol. The summed E-state index contributed by atoms with van der Waals surface area (Å²) >= 11 is 0. The van der Waals surface area contributed by atoms with E-state index in [1.807, 2.05) is 0 Å². The van der Waals surface area contributed by atoms with Crippen LogP contribution >= 0.6 is 0 Å². The topological polar surface area (TPSA) is 69.1 Å². The molecule has 0 heterocycles. The first-order valence-electron chi connectivity index (χ1n) is 5.75. The quantitative estimate of drug-likeness (QED) is 0.667. The normalized spacial score (nSPS) is 23.1. The van der Waals surface area contributed by atoms with Gasteiger partial charge in [-0.2, -0.15) is 0 Å². The van der Waals surface area contributed by atoms with Crippen LogP contribution in [0.1, 0.15) is 51.4 Å². The van der Waals surface area contributed by atoms with Gasteiger partial charge < -0.3 is 11.5 Å². The van der Waals surface area contributed by atoms with Crippen LogP contribution in [0.3, 0.4) is 0 Å². The first-order chi connectivity index (χ1) is 6.70. The summed E-state index contributed by atoms with van der Waals surface area (Å²) in [6.07, 6.45) is 12.4. The highest BCUT2D eigenvalue weighted by Gasteiger charge is 2.26. The summed E-state index contributed by atoms with van der Waals surface area (Å²) in [7, 11) is 0. The van der Waals surface area contributed by atoms with Gasteiger partial charge in [0.25, 0.3) is 0 Å². The van der Waals surface area contributed by atoms with Gasteiger partial charge in [0.05, 0.1) is 0 Å². The Morgan fingerprint density at radius 1 is 0.786 bits per heavy atom. The lowest BCUT2D eigenvalue weighted by Crippen LogP contribution is -2.18. The van der Waals surface area contributed by atoms with Gasteiger partial charge in [-0.05, 0) is 11.8 Å². The number of hydrogen-bond donors (Lipinski definition) is 2. The van der Waals surface area contributed by atoms with Crippen molar-refractivity contribution in [2.45, 2.75) is 51.4 Å². The Balaban J connectivity index is 0.000000213. The first-order valence-corrected chi connectivity index (χ1v) is 5.75. The summed E-state index contributed by atoms with van der Waals surface area (Å²) in [6, 6.07) is -0.833. The Kier molecular flexibility index (Phi) is 4.77. The van der Waals surface area contributed by atoms with Crippen LogP contribution in [0.25, 0.3) is 0 Å². The highest BCUT2D eigenvalue weighted by atomic mass is 16.2. The van der Waals surface area contributed by atoms with Gasteiger partial charge >= 0.3 is 6.03 Å².